The highest BCUT2D eigenvalue weighted by atomic mass is 16.6. The van der Waals surface area contributed by atoms with E-state index in [0.717, 1.165) is 10.9 Å². The van der Waals surface area contributed by atoms with Crippen molar-refractivity contribution in [3.05, 3.63) is 21.3 Å². The zero-order valence-electron chi connectivity index (χ0n) is 5.63. The first-order chi connectivity index (χ1) is 5.16. The zero-order chi connectivity index (χ0) is 8.43. The van der Waals surface area contributed by atoms with Crippen molar-refractivity contribution in [1.82, 2.24) is 9.78 Å². The van der Waals surface area contributed by atoms with Gasteiger partial charge in [-0.25, -0.2) is 0 Å². The molecule has 1 rings (SSSR count). The molecule has 1 aromatic heterocycles. The number of hydrogen-bond acceptors (Lipinski definition) is 4. The molecule has 0 saturated heterocycles. The van der Waals surface area contributed by atoms with Crippen molar-refractivity contribution in [2.75, 3.05) is 0 Å². The Labute approximate surface area is 61.0 Å². The summed E-state index contributed by atoms with van der Waals surface area (Å²) in [5, 5.41) is 22.0. The molecule has 1 heterocycles. The maximum absolute atomic E-state index is 10.2. The van der Waals surface area contributed by atoms with E-state index in [9.17, 15) is 10.1 Å². The summed E-state index contributed by atoms with van der Waals surface area (Å²) in [6.07, 6.45) is 1.11. The molecule has 0 atom stereocenters. The van der Waals surface area contributed by atoms with E-state index >= 15 is 0 Å². The van der Waals surface area contributed by atoms with Crippen molar-refractivity contribution in [2.45, 2.75) is 0 Å². The van der Waals surface area contributed by atoms with Crippen molar-refractivity contribution in [1.29, 1.82) is 5.39 Å². The SMILES string of the molecule is Cn1ncc([N+]#N)c1[N+](=O)[O-]. The first-order valence-electron chi connectivity index (χ1n) is 2.68. The topological polar surface area (TPSA) is 89.1 Å². The van der Waals surface area contributed by atoms with E-state index in [4.69, 9.17) is 5.39 Å². The van der Waals surface area contributed by atoms with E-state index in [-0.39, 0.29) is 11.5 Å². The molecule has 0 amide bonds. The van der Waals surface area contributed by atoms with Crippen LogP contribution in [0.25, 0.3) is 4.98 Å². The fourth-order valence-corrected chi connectivity index (χ4v) is 0.702. The Kier molecular flexibility index (Phi) is 1.52. The summed E-state index contributed by atoms with van der Waals surface area (Å²) < 4.78 is 1.02. The van der Waals surface area contributed by atoms with Crippen LogP contribution in [0.1, 0.15) is 0 Å². The van der Waals surface area contributed by atoms with Crippen LogP contribution in [0.15, 0.2) is 6.20 Å². The Morgan fingerprint density at radius 1 is 1.91 bits per heavy atom. The Balaban J connectivity index is 3.32. The second kappa shape index (κ2) is 2.34. The van der Waals surface area contributed by atoms with Gasteiger partial charge in [-0.15, -0.1) is 4.68 Å². The van der Waals surface area contributed by atoms with Crippen LogP contribution in [-0.2, 0) is 7.05 Å². The van der Waals surface area contributed by atoms with Crippen LogP contribution < -0.4 is 0 Å². The lowest BCUT2D eigenvalue weighted by molar-refractivity contribution is -0.391. The third-order valence-corrected chi connectivity index (χ3v) is 1.17. The van der Waals surface area contributed by atoms with Crippen LogP contribution >= 0.6 is 0 Å². The summed E-state index contributed by atoms with van der Waals surface area (Å²) in [4.78, 5) is 12.3. The average Bonchev–Trinajstić information content (AvgIpc) is 2.30. The molecule has 7 nitrogen and oxygen atoms in total. The standard InChI is InChI=1S/C4H4N5O2/c1-8-4(9(10)11)3(7-5)2-6-8/h2H,1H3/q+1. The predicted molar refractivity (Wildman–Crippen MR) is 34.6 cm³/mol. The molecule has 0 N–H and O–H groups in total. The average molecular weight is 154 g/mol. The van der Waals surface area contributed by atoms with Gasteiger partial charge < -0.3 is 10.1 Å². The van der Waals surface area contributed by atoms with Gasteiger partial charge in [0.25, 0.3) is 0 Å². The molecule has 0 aliphatic heterocycles. The van der Waals surface area contributed by atoms with Gasteiger partial charge in [-0.2, -0.15) is 0 Å². The molecule has 0 fully saturated rings. The van der Waals surface area contributed by atoms with Crippen molar-refractivity contribution in [2.24, 2.45) is 7.05 Å². The summed E-state index contributed by atoms with van der Waals surface area (Å²) in [7, 11) is 1.40. The summed E-state index contributed by atoms with van der Waals surface area (Å²) in [5.41, 5.74) is -0.141. The fraction of sp³-hybridized carbons (Fsp3) is 0.250. The zero-order valence-corrected chi connectivity index (χ0v) is 5.63. The number of nitro groups is 1. The molecule has 56 valence electrons. The number of diazo groups is 1. The highest BCUT2D eigenvalue weighted by Gasteiger charge is 2.29. The number of hydrogen-bond donors (Lipinski definition) is 0. The molecular weight excluding hydrogens is 150 g/mol. The van der Waals surface area contributed by atoms with Gasteiger partial charge in [0.15, 0.2) is 11.2 Å². The van der Waals surface area contributed by atoms with Crippen LogP contribution in [0, 0.1) is 15.5 Å². The van der Waals surface area contributed by atoms with E-state index in [1.807, 2.05) is 0 Å². The summed E-state index contributed by atoms with van der Waals surface area (Å²) in [6, 6.07) is 0. The second-order valence-electron chi connectivity index (χ2n) is 1.83. The van der Waals surface area contributed by atoms with E-state index < -0.39 is 4.92 Å². The van der Waals surface area contributed by atoms with E-state index in [1.54, 1.807) is 0 Å². The lowest BCUT2D eigenvalue weighted by Gasteiger charge is -1.87. The molecule has 0 unspecified atom stereocenters. The first-order valence-corrected chi connectivity index (χ1v) is 2.68. The largest absolute Gasteiger partial charge is 0.500 e. The molecule has 11 heavy (non-hydrogen) atoms. The molecular formula is C4H4N5O2+. The van der Waals surface area contributed by atoms with Crippen LogP contribution in [-0.4, -0.2) is 14.7 Å². The van der Waals surface area contributed by atoms with Gasteiger partial charge in [0.1, 0.15) is 7.05 Å². The summed E-state index contributed by atoms with van der Waals surface area (Å²) >= 11 is 0. The van der Waals surface area contributed by atoms with Gasteiger partial charge in [0.2, 0.25) is 5.39 Å². The molecule has 1 aromatic rings. The van der Waals surface area contributed by atoms with Crippen molar-refractivity contribution in [3.63, 3.8) is 0 Å². The number of rotatable bonds is 1. The Bertz CT molecular complexity index is 335. The lowest BCUT2D eigenvalue weighted by Crippen LogP contribution is -1.97. The maximum Gasteiger partial charge on any atom is 0.500 e. The Hall–Kier alpha value is -1.97. The first kappa shape index (κ1) is 7.14. The fourth-order valence-electron chi connectivity index (χ4n) is 0.702. The minimum Gasteiger partial charge on any atom is -0.358 e. The highest BCUT2D eigenvalue weighted by molar-refractivity contribution is 5.56. The number of aryl methyl sites for hydroxylation is 1. The Morgan fingerprint density at radius 3 is 2.91 bits per heavy atom. The molecule has 0 radical (unpaired) electrons. The molecule has 0 bridgehead atoms. The minimum atomic E-state index is -0.665. The molecule has 0 aliphatic carbocycles. The smallest absolute Gasteiger partial charge is 0.358 e. The van der Waals surface area contributed by atoms with Gasteiger partial charge in [-0.1, -0.05) is 5.10 Å². The van der Waals surface area contributed by atoms with Gasteiger partial charge in [0, 0.05) is 0 Å². The molecule has 0 spiro atoms. The van der Waals surface area contributed by atoms with Crippen LogP contribution in [0.5, 0.6) is 0 Å². The number of nitrogens with zero attached hydrogens (tertiary/aromatic N) is 5. The van der Waals surface area contributed by atoms with E-state index in [2.05, 4.69) is 10.1 Å². The minimum absolute atomic E-state index is 0.141. The maximum atomic E-state index is 10.2. The lowest BCUT2D eigenvalue weighted by atomic mass is 10.5. The second-order valence-corrected chi connectivity index (χ2v) is 1.83. The molecule has 0 aromatic carbocycles. The van der Waals surface area contributed by atoms with Gasteiger partial charge >= 0.3 is 11.5 Å². The van der Waals surface area contributed by atoms with Crippen molar-refractivity contribution in [3.8, 4) is 0 Å². The molecule has 0 saturated carbocycles. The van der Waals surface area contributed by atoms with Crippen LogP contribution in [0.4, 0.5) is 11.5 Å². The van der Waals surface area contributed by atoms with Crippen LogP contribution in [0.2, 0.25) is 0 Å². The van der Waals surface area contributed by atoms with E-state index in [1.165, 1.54) is 7.05 Å². The summed E-state index contributed by atoms with van der Waals surface area (Å²) in [6.45, 7) is 0. The molecule has 7 heteroatoms. The van der Waals surface area contributed by atoms with Crippen molar-refractivity contribution >= 4 is 11.5 Å². The highest BCUT2D eigenvalue weighted by Crippen LogP contribution is 2.24. The van der Waals surface area contributed by atoms with Gasteiger partial charge in [-0.05, 0) is 4.92 Å². The normalized spacial score (nSPS) is 9.09. The van der Waals surface area contributed by atoms with Crippen molar-refractivity contribution < 1.29 is 4.92 Å². The van der Waals surface area contributed by atoms with Gasteiger partial charge in [-0.3, -0.25) is 0 Å². The predicted octanol–water partition coefficient (Wildman–Crippen LogP) is 0.813. The molecule has 0 aliphatic rings. The number of aromatic nitrogens is 2. The van der Waals surface area contributed by atoms with Crippen LogP contribution in [0.3, 0.4) is 0 Å². The monoisotopic (exact) mass is 154 g/mol. The quantitative estimate of drug-likeness (QED) is 0.340. The van der Waals surface area contributed by atoms with E-state index in [0.29, 0.717) is 0 Å². The Morgan fingerprint density at radius 2 is 2.55 bits per heavy atom. The summed E-state index contributed by atoms with van der Waals surface area (Å²) in [5.74, 6) is -0.326. The third kappa shape index (κ3) is 1.01. The van der Waals surface area contributed by atoms with Gasteiger partial charge in [0.05, 0.1) is 0 Å². The third-order valence-electron chi connectivity index (χ3n) is 1.17.